The molecule has 0 saturated carbocycles. The fourth-order valence-corrected chi connectivity index (χ4v) is 7.11. The molecule has 1 atom stereocenters. The largest absolute Gasteiger partial charge is 0.352 e. The zero-order chi connectivity index (χ0) is 19.4. The molecular formula is C18H21BrN2O3S3. The SMILES string of the molecule is CSc1ccc(CNC(=O)C2CCCN(S(=O)(=O)c3ccc(Br)s3)C2)cc1. The molecule has 1 aliphatic heterocycles. The lowest BCUT2D eigenvalue weighted by Gasteiger charge is -2.30. The Bertz CT molecular complexity index is 897. The van der Waals surface area contributed by atoms with E-state index in [-0.39, 0.29) is 18.4 Å². The third kappa shape index (κ3) is 5.14. The number of carbonyl (C=O) groups is 1. The van der Waals surface area contributed by atoms with Crippen molar-refractivity contribution in [2.24, 2.45) is 5.92 Å². The molecule has 146 valence electrons. The minimum Gasteiger partial charge on any atom is -0.352 e. The van der Waals surface area contributed by atoms with Gasteiger partial charge < -0.3 is 5.32 Å². The van der Waals surface area contributed by atoms with Crippen LogP contribution in [0.1, 0.15) is 18.4 Å². The highest BCUT2D eigenvalue weighted by molar-refractivity contribution is 9.11. The quantitative estimate of drug-likeness (QED) is 0.625. The number of carbonyl (C=O) groups excluding carboxylic acids is 1. The highest BCUT2D eigenvalue weighted by Gasteiger charge is 2.33. The zero-order valence-electron chi connectivity index (χ0n) is 14.9. The summed E-state index contributed by atoms with van der Waals surface area (Å²) in [6, 6.07) is 11.4. The van der Waals surface area contributed by atoms with Crippen molar-refractivity contribution in [2.45, 2.75) is 28.5 Å². The van der Waals surface area contributed by atoms with Gasteiger partial charge in [-0.2, -0.15) is 4.31 Å². The lowest BCUT2D eigenvalue weighted by atomic mass is 9.99. The summed E-state index contributed by atoms with van der Waals surface area (Å²) in [6.07, 6.45) is 3.41. The maximum atomic E-state index is 12.8. The number of benzene rings is 1. The molecule has 0 spiro atoms. The molecule has 1 aromatic heterocycles. The number of hydrogen-bond acceptors (Lipinski definition) is 5. The molecule has 1 amide bonds. The summed E-state index contributed by atoms with van der Waals surface area (Å²) >= 11 is 6.17. The van der Waals surface area contributed by atoms with Crippen LogP contribution in [0, 0.1) is 5.92 Å². The second kappa shape index (κ2) is 9.09. The normalized spacial score (nSPS) is 18.4. The van der Waals surface area contributed by atoms with Gasteiger partial charge in [0.1, 0.15) is 4.21 Å². The number of rotatable bonds is 6. The Hall–Kier alpha value is -0.870. The Morgan fingerprint density at radius 2 is 2.04 bits per heavy atom. The summed E-state index contributed by atoms with van der Waals surface area (Å²) in [5.41, 5.74) is 1.03. The molecule has 0 bridgehead atoms. The van der Waals surface area contributed by atoms with Crippen LogP contribution in [0.4, 0.5) is 0 Å². The maximum Gasteiger partial charge on any atom is 0.252 e. The fraction of sp³-hybridized carbons (Fsp3) is 0.389. The molecule has 9 heteroatoms. The zero-order valence-corrected chi connectivity index (χ0v) is 18.9. The Balaban J connectivity index is 1.60. The summed E-state index contributed by atoms with van der Waals surface area (Å²) < 4.78 is 28.1. The number of halogens is 1. The van der Waals surface area contributed by atoms with E-state index in [1.165, 1.54) is 20.5 Å². The molecule has 0 aliphatic carbocycles. The van der Waals surface area contributed by atoms with Crippen molar-refractivity contribution in [3.8, 4) is 0 Å². The summed E-state index contributed by atoms with van der Waals surface area (Å²) in [5.74, 6) is -0.404. The Morgan fingerprint density at radius 3 is 2.67 bits per heavy atom. The average molecular weight is 489 g/mol. The van der Waals surface area contributed by atoms with Crippen LogP contribution in [0.5, 0.6) is 0 Å². The maximum absolute atomic E-state index is 12.8. The van der Waals surface area contributed by atoms with Crippen LogP contribution < -0.4 is 5.32 Å². The van der Waals surface area contributed by atoms with Crippen molar-refractivity contribution in [1.29, 1.82) is 0 Å². The van der Waals surface area contributed by atoms with Gasteiger partial charge in [0, 0.05) is 24.5 Å². The van der Waals surface area contributed by atoms with Gasteiger partial charge in [-0.3, -0.25) is 4.79 Å². The minimum atomic E-state index is -3.54. The van der Waals surface area contributed by atoms with Gasteiger partial charge in [0.2, 0.25) is 5.91 Å². The predicted octanol–water partition coefficient (Wildman–Crippen LogP) is 3.95. The predicted molar refractivity (Wildman–Crippen MR) is 114 cm³/mol. The number of thiophene rings is 1. The van der Waals surface area contributed by atoms with E-state index in [0.717, 1.165) is 9.35 Å². The van der Waals surface area contributed by atoms with Crippen LogP contribution >= 0.6 is 39.0 Å². The van der Waals surface area contributed by atoms with Crippen molar-refractivity contribution >= 4 is 55.0 Å². The highest BCUT2D eigenvalue weighted by atomic mass is 79.9. The van der Waals surface area contributed by atoms with Gasteiger partial charge in [0.25, 0.3) is 10.0 Å². The standard InChI is InChI=1S/C18H21BrN2O3S3/c1-25-15-6-4-13(5-7-15)11-20-18(22)14-3-2-10-21(12-14)27(23,24)17-9-8-16(19)26-17/h4-9,14H,2-3,10-12H2,1H3,(H,20,22). The topological polar surface area (TPSA) is 66.5 Å². The second-order valence-electron chi connectivity index (χ2n) is 6.33. The van der Waals surface area contributed by atoms with Gasteiger partial charge >= 0.3 is 0 Å². The molecule has 2 aromatic rings. The first kappa shape index (κ1) is 20.9. The lowest BCUT2D eigenvalue weighted by Crippen LogP contribution is -2.45. The van der Waals surface area contributed by atoms with E-state index in [1.54, 1.807) is 23.9 Å². The number of thioether (sulfide) groups is 1. The van der Waals surface area contributed by atoms with E-state index >= 15 is 0 Å². The Kier molecular flexibility index (Phi) is 7.02. The molecule has 1 fully saturated rings. The third-order valence-corrected chi connectivity index (χ3v) is 9.22. The van der Waals surface area contributed by atoms with E-state index in [4.69, 9.17) is 0 Å². The second-order valence-corrected chi connectivity index (χ2v) is 11.8. The van der Waals surface area contributed by atoms with Crippen molar-refractivity contribution < 1.29 is 13.2 Å². The molecule has 1 unspecified atom stereocenters. The van der Waals surface area contributed by atoms with Crippen LogP contribution in [0.15, 0.2) is 49.3 Å². The highest BCUT2D eigenvalue weighted by Crippen LogP contribution is 2.30. The Morgan fingerprint density at radius 1 is 1.30 bits per heavy atom. The molecular weight excluding hydrogens is 468 g/mol. The first-order chi connectivity index (χ1) is 12.9. The van der Waals surface area contributed by atoms with Crippen molar-refractivity contribution in [3.63, 3.8) is 0 Å². The van der Waals surface area contributed by atoms with Gasteiger partial charge in [0.05, 0.1) is 9.70 Å². The number of piperidine rings is 1. The number of hydrogen-bond donors (Lipinski definition) is 1. The van der Waals surface area contributed by atoms with Gasteiger partial charge in [0.15, 0.2) is 0 Å². The number of nitrogens with zero attached hydrogens (tertiary/aromatic N) is 1. The van der Waals surface area contributed by atoms with Crippen LogP contribution in [0.25, 0.3) is 0 Å². The number of sulfonamides is 1. The average Bonchev–Trinajstić information content (AvgIpc) is 3.14. The lowest BCUT2D eigenvalue weighted by molar-refractivity contribution is -0.126. The van der Waals surface area contributed by atoms with Gasteiger partial charge in [-0.1, -0.05) is 12.1 Å². The fourth-order valence-electron chi connectivity index (χ4n) is 3.02. The first-order valence-electron chi connectivity index (χ1n) is 8.56. The third-order valence-electron chi connectivity index (χ3n) is 4.52. The first-order valence-corrected chi connectivity index (χ1v) is 12.8. The van der Waals surface area contributed by atoms with Crippen molar-refractivity contribution in [2.75, 3.05) is 19.3 Å². The molecule has 1 saturated heterocycles. The summed E-state index contributed by atoms with van der Waals surface area (Å²) in [5, 5.41) is 2.95. The van der Waals surface area contributed by atoms with E-state index in [1.807, 2.05) is 30.5 Å². The van der Waals surface area contributed by atoms with E-state index in [0.29, 0.717) is 30.1 Å². The van der Waals surface area contributed by atoms with E-state index in [9.17, 15) is 13.2 Å². The van der Waals surface area contributed by atoms with E-state index < -0.39 is 10.0 Å². The Labute approximate surface area is 176 Å². The summed E-state index contributed by atoms with van der Waals surface area (Å²) in [4.78, 5) is 13.7. The van der Waals surface area contributed by atoms with Gasteiger partial charge in [-0.05, 0) is 64.9 Å². The number of amides is 1. The molecule has 5 nitrogen and oxygen atoms in total. The molecule has 1 aliphatic rings. The molecule has 2 heterocycles. The monoisotopic (exact) mass is 488 g/mol. The molecule has 1 aromatic carbocycles. The summed E-state index contributed by atoms with van der Waals surface area (Å²) in [6.45, 7) is 1.14. The van der Waals surface area contributed by atoms with E-state index in [2.05, 4.69) is 21.2 Å². The molecule has 0 radical (unpaired) electrons. The van der Waals surface area contributed by atoms with Crippen LogP contribution in [-0.2, 0) is 21.4 Å². The number of nitrogens with one attached hydrogen (secondary N) is 1. The minimum absolute atomic E-state index is 0.0868. The van der Waals surface area contributed by atoms with Crippen molar-refractivity contribution in [1.82, 2.24) is 9.62 Å². The summed E-state index contributed by atoms with van der Waals surface area (Å²) in [7, 11) is -3.54. The molecule has 27 heavy (non-hydrogen) atoms. The van der Waals surface area contributed by atoms with Crippen LogP contribution in [-0.4, -0.2) is 38.0 Å². The molecule has 1 N–H and O–H groups in total. The smallest absolute Gasteiger partial charge is 0.252 e. The molecule has 3 rings (SSSR count). The van der Waals surface area contributed by atoms with Gasteiger partial charge in [-0.15, -0.1) is 23.1 Å². The van der Waals surface area contributed by atoms with Crippen LogP contribution in [0.3, 0.4) is 0 Å². The van der Waals surface area contributed by atoms with Crippen molar-refractivity contribution in [3.05, 3.63) is 45.7 Å². The van der Waals surface area contributed by atoms with Crippen LogP contribution in [0.2, 0.25) is 0 Å². The van der Waals surface area contributed by atoms with Gasteiger partial charge in [-0.25, -0.2) is 8.42 Å².